The van der Waals surface area contributed by atoms with Gasteiger partial charge in [-0.05, 0) is 11.8 Å². The third-order valence-electron chi connectivity index (χ3n) is 1.38. The summed E-state index contributed by atoms with van der Waals surface area (Å²) in [5.74, 6) is -0.335. The van der Waals surface area contributed by atoms with E-state index in [0.29, 0.717) is 6.42 Å². The molecule has 0 aromatic rings. The molecule has 0 aromatic heterocycles. The van der Waals surface area contributed by atoms with Gasteiger partial charge in [-0.2, -0.15) is 0 Å². The Morgan fingerprint density at radius 1 is 1.50 bits per heavy atom. The first-order chi connectivity index (χ1) is 5.35. The van der Waals surface area contributed by atoms with Crippen LogP contribution >= 0.6 is 0 Å². The molecule has 0 bridgehead atoms. The van der Waals surface area contributed by atoms with Crippen molar-refractivity contribution in [2.24, 2.45) is 5.41 Å². The van der Waals surface area contributed by atoms with Crippen molar-refractivity contribution in [1.29, 1.82) is 0 Å². The van der Waals surface area contributed by atoms with E-state index in [1.165, 1.54) is 6.92 Å². The molecule has 0 saturated heterocycles. The van der Waals surface area contributed by atoms with Gasteiger partial charge in [0.05, 0.1) is 6.61 Å². The molecule has 1 atom stereocenters. The topological polar surface area (TPSA) is 46.5 Å². The van der Waals surface area contributed by atoms with E-state index in [-0.39, 0.29) is 24.1 Å². The SMILES string of the molecule is CC(=O)O[C@@H](CO)CC(C)(C)C. The summed E-state index contributed by atoms with van der Waals surface area (Å²) in [6.45, 7) is 7.37. The zero-order valence-corrected chi connectivity index (χ0v) is 8.26. The lowest BCUT2D eigenvalue weighted by Crippen LogP contribution is -2.26. The first kappa shape index (κ1) is 11.4. The zero-order chi connectivity index (χ0) is 9.78. The number of hydrogen-bond acceptors (Lipinski definition) is 3. The van der Waals surface area contributed by atoms with Crippen LogP contribution in [0.1, 0.15) is 34.1 Å². The maximum absolute atomic E-state index is 10.6. The zero-order valence-electron chi connectivity index (χ0n) is 8.26. The van der Waals surface area contributed by atoms with Crippen LogP contribution in [-0.4, -0.2) is 23.8 Å². The smallest absolute Gasteiger partial charge is 0.302 e. The summed E-state index contributed by atoms with van der Waals surface area (Å²) in [7, 11) is 0. The summed E-state index contributed by atoms with van der Waals surface area (Å²) >= 11 is 0. The largest absolute Gasteiger partial charge is 0.460 e. The van der Waals surface area contributed by atoms with Crippen molar-refractivity contribution in [3.8, 4) is 0 Å². The molecule has 72 valence electrons. The summed E-state index contributed by atoms with van der Waals surface area (Å²) in [4.78, 5) is 10.6. The Morgan fingerprint density at radius 3 is 2.25 bits per heavy atom. The van der Waals surface area contributed by atoms with Crippen molar-refractivity contribution in [2.45, 2.75) is 40.2 Å². The van der Waals surface area contributed by atoms with Crippen LogP contribution in [0.2, 0.25) is 0 Å². The van der Waals surface area contributed by atoms with E-state index in [4.69, 9.17) is 9.84 Å². The summed E-state index contributed by atoms with van der Waals surface area (Å²) < 4.78 is 4.89. The summed E-state index contributed by atoms with van der Waals surface area (Å²) in [5.41, 5.74) is 0.0723. The number of hydrogen-bond donors (Lipinski definition) is 1. The van der Waals surface area contributed by atoms with Crippen LogP contribution in [0.5, 0.6) is 0 Å². The molecule has 0 aliphatic heterocycles. The van der Waals surface area contributed by atoms with Crippen LogP contribution in [0.25, 0.3) is 0 Å². The molecule has 0 fully saturated rings. The first-order valence-corrected chi connectivity index (χ1v) is 4.13. The Labute approximate surface area is 73.7 Å². The summed E-state index contributed by atoms with van der Waals surface area (Å²) in [6, 6.07) is 0. The number of aliphatic hydroxyl groups excluding tert-OH is 1. The molecule has 0 amide bonds. The molecule has 3 heteroatoms. The molecule has 0 saturated carbocycles. The van der Waals surface area contributed by atoms with Crippen molar-refractivity contribution in [3.05, 3.63) is 0 Å². The number of rotatable bonds is 3. The molecule has 0 spiro atoms. The lowest BCUT2D eigenvalue weighted by atomic mass is 9.89. The molecule has 3 nitrogen and oxygen atoms in total. The van der Waals surface area contributed by atoms with Crippen molar-refractivity contribution in [2.75, 3.05) is 6.61 Å². The van der Waals surface area contributed by atoms with Gasteiger partial charge in [0.15, 0.2) is 0 Å². The van der Waals surface area contributed by atoms with Crippen molar-refractivity contribution in [1.82, 2.24) is 0 Å². The number of aliphatic hydroxyl groups is 1. The standard InChI is InChI=1S/C9H18O3/c1-7(11)12-8(6-10)5-9(2,3)4/h8,10H,5-6H2,1-4H3/t8-/m1/s1. The van der Waals surface area contributed by atoms with E-state index in [9.17, 15) is 4.79 Å². The fourth-order valence-corrected chi connectivity index (χ4v) is 1.06. The predicted octanol–water partition coefficient (Wildman–Crippen LogP) is 1.35. The minimum atomic E-state index is -0.359. The maximum atomic E-state index is 10.6. The van der Waals surface area contributed by atoms with Gasteiger partial charge in [-0.3, -0.25) is 4.79 Å². The second-order valence-electron chi connectivity index (χ2n) is 4.18. The lowest BCUT2D eigenvalue weighted by Gasteiger charge is -2.23. The van der Waals surface area contributed by atoms with Crippen molar-refractivity contribution in [3.63, 3.8) is 0 Å². The van der Waals surface area contributed by atoms with Crippen LogP contribution in [0.15, 0.2) is 0 Å². The highest BCUT2D eigenvalue weighted by Crippen LogP contribution is 2.22. The van der Waals surface area contributed by atoms with Gasteiger partial charge < -0.3 is 9.84 Å². The Kier molecular flexibility index (Phi) is 4.24. The Balaban J connectivity index is 3.92. The highest BCUT2D eigenvalue weighted by atomic mass is 16.5. The lowest BCUT2D eigenvalue weighted by molar-refractivity contribution is -0.149. The fraction of sp³-hybridized carbons (Fsp3) is 0.889. The summed E-state index contributed by atoms with van der Waals surface area (Å²) in [6.07, 6.45) is 0.325. The van der Waals surface area contributed by atoms with Gasteiger partial charge in [-0.1, -0.05) is 20.8 Å². The van der Waals surface area contributed by atoms with E-state index >= 15 is 0 Å². The molecule has 0 aliphatic carbocycles. The molecule has 0 aromatic carbocycles. The van der Waals surface area contributed by atoms with Crippen LogP contribution in [0.3, 0.4) is 0 Å². The second kappa shape index (κ2) is 4.45. The average molecular weight is 174 g/mol. The summed E-state index contributed by atoms with van der Waals surface area (Å²) in [5, 5.41) is 8.86. The van der Waals surface area contributed by atoms with Crippen LogP contribution in [-0.2, 0) is 9.53 Å². The molecule has 0 heterocycles. The van der Waals surface area contributed by atoms with Crippen LogP contribution < -0.4 is 0 Å². The third kappa shape index (κ3) is 6.16. The van der Waals surface area contributed by atoms with Crippen molar-refractivity contribution >= 4 is 5.97 Å². The molecule has 1 N–H and O–H groups in total. The quantitative estimate of drug-likeness (QED) is 0.657. The average Bonchev–Trinajstić information content (AvgIpc) is 1.82. The van der Waals surface area contributed by atoms with Gasteiger partial charge in [0, 0.05) is 6.92 Å². The molecule has 12 heavy (non-hydrogen) atoms. The van der Waals surface area contributed by atoms with Gasteiger partial charge in [0.2, 0.25) is 0 Å². The molecule has 0 radical (unpaired) electrons. The van der Waals surface area contributed by atoms with E-state index in [2.05, 4.69) is 0 Å². The molecular formula is C9H18O3. The second-order valence-corrected chi connectivity index (χ2v) is 4.18. The predicted molar refractivity (Wildman–Crippen MR) is 46.7 cm³/mol. The molecular weight excluding hydrogens is 156 g/mol. The van der Waals surface area contributed by atoms with Gasteiger partial charge in [0.25, 0.3) is 0 Å². The highest BCUT2D eigenvalue weighted by Gasteiger charge is 2.19. The van der Waals surface area contributed by atoms with E-state index in [1.807, 2.05) is 20.8 Å². The van der Waals surface area contributed by atoms with Crippen LogP contribution in [0, 0.1) is 5.41 Å². The van der Waals surface area contributed by atoms with E-state index in [0.717, 1.165) is 0 Å². The van der Waals surface area contributed by atoms with Gasteiger partial charge >= 0.3 is 5.97 Å². The van der Waals surface area contributed by atoms with Crippen LogP contribution in [0.4, 0.5) is 0 Å². The highest BCUT2D eigenvalue weighted by molar-refractivity contribution is 5.66. The molecule has 0 rings (SSSR count). The fourth-order valence-electron chi connectivity index (χ4n) is 1.06. The van der Waals surface area contributed by atoms with E-state index in [1.54, 1.807) is 0 Å². The molecule has 0 unspecified atom stereocenters. The number of ether oxygens (including phenoxy) is 1. The normalized spacial score (nSPS) is 14.1. The Hall–Kier alpha value is -0.570. The van der Waals surface area contributed by atoms with Gasteiger partial charge in [-0.15, -0.1) is 0 Å². The third-order valence-corrected chi connectivity index (χ3v) is 1.38. The number of carbonyl (C=O) groups excluding carboxylic acids is 1. The maximum Gasteiger partial charge on any atom is 0.302 e. The van der Waals surface area contributed by atoms with E-state index < -0.39 is 0 Å². The Morgan fingerprint density at radius 2 is 2.00 bits per heavy atom. The minimum Gasteiger partial charge on any atom is -0.460 e. The molecule has 0 aliphatic rings. The number of esters is 1. The Bertz CT molecular complexity index is 146. The monoisotopic (exact) mass is 174 g/mol. The van der Waals surface area contributed by atoms with Gasteiger partial charge in [-0.25, -0.2) is 0 Å². The number of carbonyl (C=O) groups is 1. The van der Waals surface area contributed by atoms with Gasteiger partial charge in [0.1, 0.15) is 6.10 Å². The minimum absolute atomic E-state index is 0.0723. The van der Waals surface area contributed by atoms with Crippen molar-refractivity contribution < 1.29 is 14.6 Å². The first-order valence-electron chi connectivity index (χ1n) is 4.13.